The number of ether oxygens (including phenoxy) is 1. The fourth-order valence-corrected chi connectivity index (χ4v) is 2.52. The lowest BCUT2D eigenvalue weighted by molar-refractivity contribution is 0.0875. The van der Waals surface area contributed by atoms with Crippen LogP contribution in [-0.4, -0.2) is 19.1 Å². The van der Waals surface area contributed by atoms with Gasteiger partial charge in [-0.05, 0) is 24.1 Å². The molecule has 3 aromatic rings. The van der Waals surface area contributed by atoms with Crippen molar-refractivity contribution in [3.63, 3.8) is 0 Å². The van der Waals surface area contributed by atoms with Crippen molar-refractivity contribution >= 4 is 5.91 Å². The molecule has 0 saturated heterocycles. The molecule has 1 aromatic heterocycles. The molecule has 1 heterocycles. The Morgan fingerprint density at radius 1 is 1.04 bits per heavy atom. The van der Waals surface area contributed by atoms with Gasteiger partial charge in [-0.15, -0.1) is 0 Å². The van der Waals surface area contributed by atoms with Crippen molar-refractivity contribution in [2.75, 3.05) is 13.2 Å². The van der Waals surface area contributed by atoms with Crippen molar-refractivity contribution in [2.24, 2.45) is 0 Å². The number of furan rings is 1. The summed E-state index contributed by atoms with van der Waals surface area (Å²) < 4.78 is 10.9. The summed E-state index contributed by atoms with van der Waals surface area (Å²) >= 11 is 0. The van der Waals surface area contributed by atoms with Crippen LogP contribution in [0, 0.1) is 6.92 Å². The number of nitrogens with one attached hydrogen (secondary N) is 1. The van der Waals surface area contributed by atoms with Crippen molar-refractivity contribution in [3.8, 4) is 11.1 Å². The van der Waals surface area contributed by atoms with Crippen molar-refractivity contribution < 1.29 is 13.9 Å². The van der Waals surface area contributed by atoms with E-state index < -0.39 is 0 Å². The van der Waals surface area contributed by atoms with E-state index >= 15 is 0 Å². The molecule has 0 saturated carbocycles. The standard InChI is InChI=1S/C21H21NO3/c1-16-6-5-9-18(12-16)19-13-20(25-15-19)21(23)22-10-11-24-14-17-7-3-2-4-8-17/h2-9,12-13,15H,10-11,14H2,1H3,(H,22,23). The monoisotopic (exact) mass is 335 g/mol. The minimum Gasteiger partial charge on any atom is -0.459 e. The van der Waals surface area contributed by atoms with Gasteiger partial charge in [-0.2, -0.15) is 0 Å². The molecular weight excluding hydrogens is 314 g/mol. The fraction of sp³-hybridized carbons (Fsp3) is 0.190. The Balaban J connectivity index is 1.46. The zero-order valence-electron chi connectivity index (χ0n) is 14.2. The Labute approximate surface area is 147 Å². The smallest absolute Gasteiger partial charge is 0.287 e. The van der Waals surface area contributed by atoms with Crippen LogP contribution in [-0.2, 0) is 11.3 Å². The summed E-state index contributed by atoms with van der Waals surface area (Å²) in [6.45, 7) is 3.46. The lowest BCUT2D eigenvalue weighted by atomic mass is 10.1. The second-order valence-corrected chi connectivity index (χ2v) is 5.86. The van der Waals surface area contributed by atoms with E-state index in [1.807, 2.05) is 55.5 Å². The highest BCUT2D eigenvalue weighted by Gasteiger charge is 2.11. The van der Waals surface area contributed by atoms with Gasteiger partial charge >= 0.3 is 0 Å². The van der Waals surface area contributed by atoms with E-state index in [-0.39, 0.29) is 5.91 Å². The summed E-state index contributed by atoms with van der Waals surface area (Å²) in [5.74, 6) is 0.0711. The van der Waals surface area contributed by atoms with Gasteiger partial charge in [-0.1, -0.05) is 60.2 Å². The van der Waals surface area contributed by atoms with E-state index in [1.54, 1.807) is 12.3 Å². The molecular formula is C21H21NO3. The molecule has 1 N–H and O–H groups in total. The molecule has 0 bridgehead atoms. The number of carbonyl (C=O) groups is 1. The zero-order chi connectivity index (χ0) is 17.5. The number of hydrogen-bond donors (Lipinski definition) is 1. The van der Waals surface area contributed by atoms with Gasteiger partial charge in [-0.3, -0.25) is 4.79 Å². The predicted molar refractivity (Wildman–Crippen MR) is 97.3 cm³/mol. The molecule has 1 amide bonds. The average molecular weight is 335 g/mol. The van der Waals surface area contributed by atoms with E-state index in [1.165, 1.54) is 5.56 Å². The Bertz CT molecular complexity index is 824. The van der Waals surface area contributed by atoms with Crippen LogP contribution in [0.1, 0.15) is 21.7 Å². The summed E-state index contributed by atoms with van der Waals surface area (Å²) in [7, 11) is 0. The maximum Gasteiger partial charge on any atom is 0.287 e. The molecule has 0 atom stereocenters. The quantitative estimate of drug-likeness (QED) is 0.658. The number of hydrogen-bond acceptors (Lipinski definition) is 3. The Morgan fingerprint density at radius 3 is 2.68 bits per heavy atom. The molecule has 25 heavy (non-hydrogen) atoms. The van der Waals surface area contributed by atoms with E-state index in [2.05, 4.69) is 11.4 Å². The number of benzene rings is 2. The van der Waals surface area contributed by atoms with Crippen molar-refractivity contribution in [1.82, 2.24) is 5.32 Å². The Kier molecular flexibility index (Phi) is 5.65. The van der Waals surface area contributed by atoms with Crippen LogP contribution in [0.2, 0.25) is 0 Å². The van der Waals surface area contributed by atoms with Crippen LogP contribution in [0.5, 0.6) is 0 Å². The van der Waals surface area contributed by atoms with Gasteiger partial charge in [0.1, 0.15) is 0 Å². The summed E-state index contributed by atoms with van der Waals surface area (Å²) in [6.07, 6.45) is 1.61. The molecule has 0 spiro atoms. The van der Waals surface area contributed by atoms with Crippen LogP contribution in [0.25, 0.3) is 11.1 Å². The first kappa shape index (κ1) is 17.0. The fourth-order valence-electron chi connectivity index (χ4n) is 2.52. The van der Waals surface area contributed by atoms with Crippen LogP contribution in [0.3, 0.4) is 0 Å². The van der Waals surface area contributed by atoms with Gasteiger partial charge in [0.15, 0.2) is 5.76 Å². The largest absolute Gasteiger partial charge is 0.459 e. The normalized spacial score (nSPS) is 10.6. The number of aryl methyl sites for hydroxylation is 1. The lowest BCUT2D eigenvalue weighted by Crippen LogP contribution is -2.26. The molecule has 2 aromatic carbocycles. The summed E-state index contributed by atoms with van der Waals surface area (Å²) in [5.41, 5.74) is 4.21. The maximum atomic E-state index is 12.1. The van der Waals surface area contributed by atoms with Crippen molar-refractivity contribution in [1.29, 1.82) is 0 Å². The second-order valence-electron chi connectivity index (χ2n) is 5.86. The Morgan fingerprint density at radius 2 is 1.88 bits per heavy atom. The third kappa shape index (κ3) is 4.81. The first-order chi connectivity index (χ1) is 12.2. The average Bonchev–Trinajstić information content (AvgIpc) is 3.12. The van der Waals surface area contributed by atoms with E-state index in [4.69, 9.17) is 9.15 Å². The van der Waals surface area contributed by atoms with Gasteiger partial charge < -0.3 is 14.5 Å². The van der Waals surface area contributed by atoms with Crippen LogP contribution in [0.4, 0.5) is 0 Å². The van der Waals surface area contributed by atoms with Gasteiger partial charge in [0.2, 0.25) is 0 Å². The predicted octanol–water partition coefficient (Wildman–Crippen LogP) is 4.20. The van der Waals surface area contributed by atoms with E-state index in [0.29, 0.717) is 25.5 Å². The molecule has 0 aliphatic carbocycles. The molecule has 0 radical (unpaired) electrons. The summed E-state index contributed by atoms with van der Waals surface area (Å²) in [4.78, 5) is 12.1. The van der Waals surface area contributed by atoms with Gasteiger partial charge in [0.25, 0.3) is 5.91 Å². The van der Waals surface area contributed by atoms with Gasteiger partial charge in [0, 0.05) is 12.1 Å². The molecule has 3 rings (SSSR count). The molecule has 4 heteroatoms. The van der Waals surface area contributed by atoms with Crippen molar-refractivity contribution in [2.45, 2.75) is 13.5 Å². The van der Waals surface area contributed by atoms with Crippen LogP contribution >= 0.6 is 0 Å². The van der Waals surface area contributed by atoms with Gasteiger partial charge in [-0.25, -0.2) is 0 Å². The van der Waals surface area contributed by atoms with E-state index in [9.17, 15) is 4.79 Å². The number of carbonyl (C=O) groups excluding carboxylic acids is 1. The third-order valence-corrected chi connectivity index (χ3v) is 3.82. The van der Waals surface area contributed by atoms with Crippen LogP contribution in [0.15, 0.2) is 71.3 Å². The highest BCUT2D eigenvalue weighted by Crippen LogP contribution is 2.22. The summed E-state index contributed by atoms with van der Waals surface area (Å²) in [5, 5.41) is 2.80. The molecule has 0 aliphatic rings. The zero-order valence-corrected chi connectivity index (χ0v) is 14.2. The molecule has 0 aliphatic heterocycles. The minimum absolute atomic E-state index is 0.234. The maximum absolute atomic E-state index is 12.1. The van der Waals surface area contributed by atoms with Crippen molar-refractivity contribution in [3.05, 3.63) is 83.8 Å². The molecule has 0 unspecified atom stereocenters. The molecule has 128 valence electrons. The SMILES string of the molecule is Cc1cccc(-c2coc(C(=O)NCCOCc3ccccc3)c2)c1. The second kappa shape index (κ2) is 8.31. The highest BCUT2D eigenvalue weighted by molar-refractivity contribution is 5.92. The minimum atomic E-state index is -0.234. The van der Waals surface area contributed by atoms with Crippen LogP contribution < -0.4 is 5.32 Å². The van der Waals surface area contributed by atoms with Gasteiger partial charge in [0.05, 0.1) is 19.5 Å². The third-order valence-electron chi connectivity index (χ3n) is 3.82. The lowest BCUT2D eigenvalue weighted by Gasteiger charge is -2.05. The first-order valence-corrected chi connectivity index (χ1v) is 8.28. The Hall–Kier alpha value is -2.85. The topological polar surface area (TPSA) is 51.5 Å². The van der Waals surface area contributed by atoms with E-state index in [0.717, 1.165) is 16.7 Å². The molecule has 4 nitrogen and oxygen atoms in total. The molecule has 0 fully saturated rings. The highest BCUT2D eigenvalue weighted by atomic mass is 16.5. The number of amides is 1. The summed E-state index contributed by atoms with van der Waals surface area (Å²) in [6, 6.07) is 19.8. The first-order valence-electron chi connectivity index (χ1n) is 8.28. The number of rotatable bonds is 7.